The van der Waals surface area contributed by atoms with Gasteiger partial charge in [-0.3, -0.25) is 0 Å². The fourth-order valence-electron chi connectivity index (χ4n) is 2.79. The average molecular weight is 295 g/mol. The highest BCUT2D eigenvalue weighted by Crippen LogP contribution is 2.28. The van der Waals surface area contributed by atoms with Crippen molar-refractivity contribution < 1.29 is 4.74 Å². The Hall–Kier alpha value is -0.800. The summed E-state index contributed by atoms with van der Waals surface area (Å²) in [6.07, 6.45) is 7.84. The van der Waals surface area contributed by atoms with E-state index in [-0.39, 0.29) is 0 Å². The topological polar surface area (TPSA) is 34.1 Å². The molecule has 0 bridgehead atoms. The first-order valence-electron chi connectivity index (χ1n) is 7.78. The summed E-state index contributed by atoms with van der Waals surface area (Å²) < 4.78 is 6.09. The summed E-state index contributed by atoms with van der Waals surface area (Å²) >= 11 is 6.21. The van der Waals surface area contributed by atoms with Gasteiger partial charge in [0.25, 0.3) is 0 Å². The number of hydrogen-bond donors (Lipinski definition) is 1. The number of rotatable bonds is 5. The third-order valence-corrected chi connectivity index (χ3v) is 4.68. The molecule has 110 valence electrons. The van der Waals surface area contributed by atoms with Crippen LogP contribution in [0, 0.1) is 5.92 Å². The van der Waals surface area contributed by atoms with Crippen LogP contribution in [0.5, 0.6) is 5.88 Å². The lowest BCUT2D eigenvalue weighted by Gasteiger charge is -2.28. The quantitative estimate of drug-likeness (QED) is 0.893. The highest BCUT2D eigenvalue weighted by Gasteiger charge is 2.24. The van der Waals surface area contributed by atoms with Gasteiger partial charge in [0, 0.05) is 18.7 Å². The van der Waals surface area contributed by atoms with E-state index in [0.29, 0.717) is 18.1 Å². The normalized spacial score (nSPS) is 26.5. The molecule has 1 aromatic rings. The number of hydrogen-bond acceptors (Lipinski definition) is 3. The molecule has 1 heterocycles. The lowest BCUT2D eigenvalue weighted by atomic mass is 9.88. The molecule has 3 rings (SSSR count). The molecule has 3 nitrogen and oxygen atoms in total. The largest absolute Gasteiger partial charge is 0.474 e. The molecule has 0 aliphatic heterocycles. The second-order valence-corrected chi connectivity index (χ2v) is 6.56. The van der Waals surface area contributed by atoms with E-state index in [1.807, 2.05) is 12.1 Å². The Kier molecular flexibility index (Phi) is 4.47. The van der Waals surface area contributed by atoms with Crippen LogP contribution in [0.3, 0.4) is 0 Å². The first-order chi connectivity index (χ1) is 9.72. The molecule has 2 aliphatic rings. The van der Waals surface area contributed by atoms with Crippen molar-refractivity contribution in [1.82, 2.24) is 10.3 Å². The number of ether oxygens (including phenoxy) is 1. The van der Waals surface area contributed by atoms with Crippen molar-refractivity contribution in [2.75, 3.05) is 0 Å². The molecule has 20 heavy (non-hydrogen) atoms. The minimum atomic E-state index is 0.307. The molecule has 2 aliphatic carbocycles. The monoisotopic (exact) mass is 294 g/mol. The van der Waals surface area contributed by atoms with Gasteiger partial charge in [-0.05, 0) is 44.1 Å². The first kappa shape index (κ1) is 14.2. The van der Waals surface area contributed by atoms with Gasteiger partial charge in [-0.15, -0.1) is 0 Å². The highest BCUT2D eigenvalue weighted by molar-refractivity contribution is 6.31. The van der Waals surface area contributed by atoms with Crippen LogP contribution in [-0.4, -0.2) is 17.1 Å². The second kappa shape index (κ2) is 6.31. The third-order valence-electron chi connectivity index (χ3n) is 4.33. The number of aromatic nitrogens is 1. The standard InChI is InChI=1S/C16H23ClN2O/c1-11-4-2-3-5-15(11)20-16-9-8-13(17)14(19-16)10-18-12-6-7-12/h8-9,11-12,15,18H,2-7,10H2,1H3. The number of nitrogens with zero attached hydrogens (tertiary/aromatic N) is 1. The third kappa shape index (κ3) is 3.64. The van der Waals surface area contributed by atoms with Crippen LogP contribution in [-0.2, 0) is 6.54 Å². The van der Waals surface area contributed by atoms with Crippen molar-refractivity contribution in [1.29, 1.82) is 0 Å². The lowest BCUT2D eigenvalue weighted by Crippen LogP contribution is -2.28. The van der Waals surface area contributed by atoms with E-state index >= 15 is 0 Å². The van der Waals surface area contributed by atoms with Crippen molar-refractivity contribution in [3.8, 4) is 5.88 Å². The maximum atomic E-state index is 6.21. The molecule has 4 heteroatoms. The molecular weight excluding hydrogens is 272 g/mol. The molecule has 2 fully saturated rings. The smallest absolute Gasteiger partial charge is 0.213 e. The molecule has 0 aromatic carbocycles. The van der Waals surface area contributed by atoms with Gasteiger partial charge >= 0.3 is 0 Å². The van der Waals surface area contributed by atoms with E-state index in [1.165, 1.54) is 32.1 Å². The van der Waals surface area contributed by atoms with E-state index in [2.05, 4.69) is 17.2 Å². The van der Waals surface area contributed by atoms with Gasteiger partial charge in [0.15, 0.2) is 0 Å². The van der Waals surface area contributed by atoms with Gasteiger partial charge in [0.2, 0.25) is 5.88 Å². The molecule has 0 amide bonds. The number of nitrogens with one attached hydrogen (secondary N) is 1. The molecule has 0 radical (unpaired) electrons. The van der Waals surface area contributed by atoms with E-state index in [0.717, 1.165) is 29.6 Å². The van der Waals surface area contributed by atoms with Crippen molar-refractivity contribution in [2.45, 2.75) is 64.1 Å². The maximum Gasteiger partial charge on any atom is 0.213 e. The van der Waals surface area contributed by atoms with Crippen LogP contribution in [0.25, 0.3) is 0 Å². The fourth-order valence-corrected chi connectivity index (χ4v) is 2.97. The molecule has 1 aromatic heterocycles. The molecule has 0 spiro atoms. The number of pyridine rings is 1. The zero-order valence-electron chi connectivity index (χ0n) is 12.1. The Labute approximate surface area is 126 Å². The molecule has 2 atom stereocenters. The van der Waals surface area contributed by atoms with Crippen LogP contribution in [0.2, 0.25) is 5.02 Å². The van der Waals surface area contributed by atoms with Crippen LogP contribution in [0.4, 0.5) is 0 Å². The van der Waals surface area contributed by atoms with Crippen LogP contribution in [0.1, 0.15) is 51.1 Å². The second-order valence-electron chi connectivity index (χ2n) is 6.15. The summed E-state index contributed by atoms with van der Waals surface area (Å²) in [5.41, 5.74) is 0.902. The minimum absolute atomic E-state index is 0.307. The Morgan fingerprint density at radius 2 is 2.05 bits per heavy atom. The molecule has 2 saturated carbocycles. The van der Waals surface area contributed by atoms with Gasteiger partial charge in [-0.1, -0.05) is 24.9 Å². The molecule has 1 N–H and O–H groups in total. The zero-order chi connectivity index (χ0) is 13.9. The minimum Gasteiger partial charge on any atom is -0.474 e. The van der Waals surface area contributed by atoms with Gasteiger partial charge in [0.1, 0.15) is 6.10 Å². The van der Waals surface area contributed by atoms with Crippen molar-refractivity contribution >= 4 is 11.6 Å². The highest BCUT2D eigenvalue weighted by atomic mass is 35.5. The van der Waals surface area contributed by atoms with Crippen LogP contribution < -0.4 is 10.1 Å². The van der Waals surface area contributed by atoms with Gasteiger partial charge in [-0.2, -0.15) is 0 Å². The predicted octanol–water partition coefficient (Wildman–Crippen LogP) is 3.94. The summed E-state index contributed by atoms with van der Waals surface area (Å²) in [5, 5.41) is 4.18. The van der Waals surface area contributed by atoms with Gasteiger partial charge < -0.3 is 10.1 Å². The van der Waals surface area contributed by atoms with Gasteiger partial charge in [0.05, 0.1) is 10.7 Å². The van der Waals surface area contributed by atoms with Gasteiger partial charge in [-0.25, -0.2) is 4.98 Å². The Bertz CT molecular complexity index is 462. The van der Waals surface area contributed by atoms with Crippen molar-refractivity contribution in [2.24, 2.45) is 5.92 Å². The van der Waals surface area contributed by atoms with E-state index in [1.54, 1.807) is 0 Å². The van der Waals surface area contributed by atoms with E-state index in [4.69, 9.17) is 16.3 Å². The van der Waals surface area contributed by atoms with Crippen LogP contribution >= 0.6 is 11.6 Å². The molecular formula is C16H23ClN2O. The Balaban J connectivity index is 1.64. The Morgan fingerprint density at radius 1 is 1.25 bits per heavy atom. The van der Waals surface area contributed by atoms with Crippen molar-refractivity contribution in [3.63, 3.8) is 0 Å². The summed E-state index contributed by atoms with van der Waals surface area (Å²) in [7, 11) is 0. The summed E-state index contributed by atoms with van der Waals surface area (Å²) in [6, 6.07) is 4.46. The lowest BCUT2D eigenvalue weighted by molar-refractivity contribution is 0.0973. The van der Waals surface area contributed by atoms with Crippen LogP contribution in [0.15, 0.2) is 12.1 Å². The first-order valence-corrected chi connectivity index (χ1v) is 8.15. The van der Waals surface area contributed by atoms with E-state index in [9.17, 15) is 0 Å². The Morgan fingerprint density at radius 3 is 2.80 bits per heavy atom. The van der Waals surface area contributed by atoms with E-state index < -0.39 is 0 Å². The average Bonchev–Trinajstić information content (AvgIpc) is 3.26. The predicted molar refractivity (Wildman–Crippen MR) is 81.2 cm³/mol. The fraction of sp³-hybridized carbons (Fsp3) is 0.688. The SMILES string of the molecule is CC1CCCCC1Oc1ccc(Cl)c(CNC2CC2)n1. The molecule has 2 unspecified atom stereocenters. The maximum absolute atomic E-state index is 6.21. The summed E-state index contributed by atoms with van der Waals surface area (Å²) in [4.78, 5) is 4.58. The summed E-state index contributed by atoms with van der Waals surface area (Å²) in [6.45, 7) is 3.01. The zero-order valence-corrected chi connectivity index (χ0v) is 12.8. The van der Waals surface area contributed by atoms with Crippen molar-refractivity contribution in [3.05, 3.63) is 22.8 Å². The molecule has 0 saturated heterocycles. The summed E-state index contributed by atoms with van der Waals surface area (Å²) in [5.74, 6) is 1.34. The number of halogens is 1.